The van der Waals surface area contributed by atoms with Gasteiger partial charge in [0.25, 0.3) is 0 Å². The summed E-state index contributed by atoms with van der Waals surface area (Å²) in [5.41, 5.74) is 1.66. The van der Waals surface area contributed by atoms with Crippen LogP contribution < -0.4 is 10.6 Å². The normalized spacial score (nSPS) is 10.8. The molecule has 0 radical (unpaired) electrons. The quantitative estimate of drug-likeness (QED) is 0.347. The summed E-state index contributed by atoms with van der Waals surface area (Å²) in [4.78, 5) is 29.3. The molecule has 2 amide bonds. The fourth-order valence-electron chi connectivity index (χ4n) is 2.31. The first kappa shape index (κ1) is 22.1. The fraction of sp³-hybridized carbons (Fsp3) is 0.143. The first-order valence-corrected chi connectivity index (χ1v) is 11.9. The van der Waals surface area contributed by atoms with Gasteiger partial charge >= 0.3 is 0 Å². The molecule has 2 N–H and O–H groups in total. The maximum absolute atomic E-state index is 12.1. The predicted molar refractivity (Wildman–Crippen MR) is 126 cm³/mol. The van der Waals surface area contributed by atoms with Crippen molar-refractivity contribution in [3.63, 3.8) is 0 Å². The molecule has 0 saturated carbocycles. The van der Waals surface area contributed by atoms with Crippen LogP contribution in [0.4, 0.5) is 10.8 Å². The molecular formula is C21H20N4O2S3. The van der Waals surface area contributed by atoms with Crippen LogP contribution >= 0.6 is 35.1 Å². The summed E-state index contributed by atoms with van der Waals surface area (Å²) in [7, 11) is 0. The van der Waals surface area contributed by atoms with Crippen molar-refractivity contribution in [1.29, 1.82) is 0 Å². The lowest BCUT2D eigenvalue weighted by molar-refractivity contribution is -0.114. The zero-order valence-electron chi connectivity index (χ0n) is 16.2. The average Bonchev–Trinajstić information content (AvgIpc) is 3.19. The van der Waals surface area contributed by atoms with E-state index < -0.39 is 0 Å². The molecule has 30 heavy (non-hydrogen) atoms. The lowest BCUT2D eigenvalue weighted by Crippen LogP contribution is -2.13. The van der Waals surface area contributed by atoms with E-state index in [9.17, 15) is 9.59 Å². The second kappa shape index (κ2) is 11.5. The molecule has 0 unspecified atom stereocenters. The molecule has 0 aliphatic heterocycles. The van der Waals surface area contributed by atoms with Crippen molar-refractivity contribution in [3.05, 3.63) is 66.2 Å². The molecule has 154 valence electrons. The molecule has 0 aliphatic carbocycles. The van der Waals surface area contributed by atoms with Crippen LogP contribution in [0.15, 0.2) is 70.7 Å². The third-order valence-electron chi connectivity index (χ3n) is 3.65. The molecule has 3 rings (SSSR count). The number of aromatic nitrogens is 2. The molecular weight excluding hydrogens is 436 g/mol. The SMILES string of the molecule is CCSc1nsc(NC(=O)CSc2ccc(NC(=O)/C=C/c3ccccc3)cc2)n1. The van der Waals surface area contributed by atoms with E-state index in [-0.39, 0.29) is 17.6 Å². The van der Waals surface area contributed by atoms with E-state index in [4.69, 9.17) is 0 Å². The number of nitrogens with one attached hydrogen (secondary N) is 2. The van der Waals surface area contributed by atoms with E-state index in [1.165, 1.54) is 41.1 Å². The molecule has 2 aromatic carbocycles. The Balaban J connectivity index is 1.44. The van der Waals surface area contributed by atoms with Gasteiger partial charge in [-0.2, -0.15) is 9.36 Å². The second-order valence-electron chi connectivity index (χ2n) is 5.91. The molecule has 1 heterocycles. The van der Waals surface area contributed by atoms with Crippen LogP contribution in [0, 0.1) is 0 Å². The van der Waals surface area contributed by atoms with E-state index in [2.05, 4.69) is 20.0 Å². The minimum absolute atomic E-state index is 0.132. The lowest BCUT2D eigenvalue weighted by Gasteiger charge is -2.05. The fourth-order valence-corrected chi connectivity index (χ4v) is 4.29. The van der Waals surface area contributed by atoms with Crippen molar-refractivity contribution in [2.45, 2.75) is 17.0 Å². The number of hydrogen-bond donors (Lipinski definition) is 2. The molecule has 3 aromatic rings. The first-order chi connectivity index (χ1) is 14.6. The minimum atomic E-state index is -0.198. The largest absolute Gasteiger partial charge is 0.323 e. The summed E-state index contributed by atoms with van der Waals surface area (Å²) >= 11 is 4.13. The van der Waals surface area contributed by atoms with Gasteiger partial charge in [0.2, 0.25) is 22.1 Å². The van der Waals surface area contributed by atoms with Gasteiger partial charge in [-0.1, -0.05) is 49.0 Å². The van der Waals surface area contributed by atoms with E-state index >= 15 is 0 Å². The number of benzene rings is 2. The highest BCUT2D eigenvalue weighted by molar-refractivity contribution is 8.00. The molecule has 0 saturated heterocycles. The number of carbonyl (C=O) groups is 2. The number of nitrogens with zero attached hydrogens (tertiary/aromatic N) is 2. The highest BCUT2D eigenvalue weighted by atomic mass is 32.2. The highest BCUT2D eigenvalue weighted by Crippen LogP contribution is 2.22. The summed E-state index contributed by atoms with van der Waals surface area (Å²) in [5.74, 6) is 0.824. The Hall–Kier alpha value is -2.62. The second-order valence-corrected chi connectivity index (χ2v) is 8.94. The maximum atomic E-state index is 12.1. The van der Waals surface area contributed by atoms with Crippen LogP contribution in [-0.2, 0) is 9.59 Å². The zero-order chi connectivity index (χ0) is 21.2. The Labute approximate surface area is 187 Å². The molecule has 0 fully saturated rings. The predicted octanol–water partition coefficient (Wildman–Crippen LogP) is 5.03. The Morgan fingerprint density at radius 2 is 1.80 bits per heavy atom. The summed E-state index contributed by atoms with van der Waals surface area (Å²) in [6, 6.07) is 17.0. The van der Waals surface area contributed by atoms with Crippen LogP contribution in [-0.4, -0.2) is 32.7 Å². The smallest absolute Gasteiger partial charge is 0.248 e. The van der Waals surface area contributed by atoms with Crippen LogP contribution in [0.25, 0.3) is 6.08 Å². The number of amides is 2. The van der Waals surface area contributed by atoms with Crippen molar-refractivity contribution < 1.29 is 9.59 Å². The van der Waals surface area contributed by atoms with Gasteiger partial charge in [-0.25, -0.2) is 0 Å². The molecule has 0 atom stereocenters. The Kier molecular flexibility index (Phi) is 8.49. The van der Waals surface area contributed by atoms with Crippen molar-refractivity contribution in [2.24, 2.45) is 0 Å². The van der Waals surface area contributed by atoms with Crippen molar-refractivity contribution in [3.8, 4) is 0 Å². The van der Waals surface area contributed by atoms with Gasteiger partial charge in [-0.05, 0) is 41.7 Å². The number of thioether (sulfide) groups is 2. The molecule has 0 spiro atoms. The number of hydrogen-bond acceptors (Lipinski definition) is 7. The first-order valence-electron chi connectivity index (χ1n) is 9.15. The minimum Gasteiger partial charge on any atom is -0.323 e. The Bertz CT molecular complexity index is 1000. The van der Waals surface area contributed by atoms with Gasteiger partial charge in [-0.3, -0.25) is 14.9 Å². The van der Waals surface area contributed by atoms with Crippen LogP contribution in [0.3, 0.4) is 0 Å². The number of carbonyl (C=O) groups excluding carboxylic acids is 2. The molecule has 6 nitrogen and oxygen atoms in total. The van der Waals surface area contributed by atoms with E-state index in [1.807, 2.05) is 61.5 Å². The van der Waals surface area contributed by atoms with Crippen LogP contribution in [0.5, 0.6) is 0 Å². The summed E-state index contributed by atoms with van der Waals surface area (Å²) < 4.78 is 4.17. The molecule has 1 aromatic heterocycles. The maximum Gasteiger partial charge on any atom is 0.248 e. The molecule has 0 aliphatic rings. The number of anilines is 2. The van der Waals surface area contributed by atoms with Gasteiger partial charge < -0.3 is 5.32 Å². The summed E-state index contributed by atoms with van der Waals surface area (Å²) in [6.07, 6.45) is 3.26. The highest BCUT2D eigenvalue weighted by Gasteiger charge is 2.09. The summed E-state index contributed by atoms with van der Waals surface area (Å²) in [5, 5.41) is 6.78. The molecule has 9 heteroatoms. The van der Waals surface area contributed by atoms with E-state index in [0.717, 1.165) is 16.2 Å². The zero-order valence-corrected chi connectivity index (χ0v) is 18.7. The van der Waals surface area contributed by atoms with Crippen molar-refractivity contribution in [1.82, 2.24) is 9.36 Å². The van der Waals surface area contributed by atoms with Crippen LogP contribution in [0.2, 0.25) is 0 Å². The van der Waals surface area contributed by atoms with E-state index in [0.29, 0.717) is 16.0 Å². The van der Waals surface area contributed by atoms with Gasteiger partial charge in [0.1, 0.15) is 0 Å². The summed E-state index contributed by atoms with van der Waals surface area (Å²) in [6.45, 7) is 2.03. The van der Waals surface area contributed by atoms with Crippen molar-refractivity contribution >= 4 is 63.8 Å². The van der Waals surface area contributed by atoms with Crippen LogP contribution in [0.1, 0.15) is 12.5 Å². The molecule has 0 bridgehead atoms. The average molecular weight is 457 g/mol. The van der Waals surface area contributed by atoms with Gasteiger partial charge in [0.05, 0.1) is 5.75 Å². The topological polar surface area (TPSA) is 84.0 Å². The van der Waals surface area contributed by atoms with Gasteiger partial charge in [-0.15, -0.1) is 11.8 Å². The van der Waals surface area contributed by atoms with Gasteiger partial charge in [0, 0.05) is 28.2 Å². The Morgan fingerprint density at radius 1 is 1.03 bits per heavy atom. The monoisotopic (exact) mass is 456 g/mol. The standard InChI is InChI=1S/C21H20N4O2S3/c1-2-28-21-24-20(30-25-21)23-19(27)14-29-17-11-9-16(10-12-17)22-18(26)13-8-15-6-4-3-5-7-15/h3-13H,2,14H2,1H3,(H,22,26)(H,23,24,25,27)/b13-8+. The third kappa shape index (κ3) is 7.33. The van der Waals surface area contributed by atoms with E-state index in [1.54, 1.807) is 6.08 Å². The van der Waals surface area contributed by atoms with Crippen molar-refractivity contribution in [2.75, 3.05) is 22.1 Å². The van der Waals surface area contributed by atoms with Gasteiger partial charge in [0.15, 0.2) is 0 Å². The number of rotatable bonds is 9. The Morgan fingerprint density at radius 3 is 2.53 bits per heavy atom. The third-order valence-corrected chi connectivity index (χ3v) is 6.13. The lowest BCUT2D eigenvalue weighted by atomic mass is 10.2.